The van der Waals surface area contributed by atoms with Crippen molar-refractivity contribution in [1.82, 2.24) is 10.2 Å². The Morgan fingerprint density at radius 3 is 2.20 bits per heavy atom. The Hall–Kier alpha value is -2.87. The number of carbonyl (C=O) groups is 2. The molecule has 0 aliphatic carbocycles. The SMILES string of the molecule is CC[C@@H](C)NC(=O)[C@@H](CC)N(CCc1ccccc1)C(=O)CN(c1ccc(C)cc1C)S(C)(=O)=O. The fourth-order valence-corrected chi connectivity index (χ4v) is 4.92. The third kappa shape index (κ3) is 8.09. The van der Waals surface area contributed by atoms with Crippen LogP contribution in [-0.4, -0.2) is 56.6 Å². The first-order valence-corrected chi connectivity index (χ1v) is 14.0. The maximum Gasteiger partial charge on any atom is 0.244 e. The van der Waals surface area contributed by atoms with Gasteiger partial charge in [-0.2, -0.15) is 0 Å². The fraction of sp³-hybridized carbons (Fsp3) is 0.481. The number of sulfonamides is 1. The van der Waals surface area contributed by atoms with E-state index in [0.717, 1.165) is 33.7 Å². The Morgan fingerprint density at radius 2 is 1.66 bits per heavy atom. The van der Waals surface area contributed by atoms with Crippen LogP contribution < -0.4 is 9.62 Å². The van der Waals surface area contributed by atoms with Crippen LogP contribution in [0.1, 0.15) is 50.3 Å². The van der Waals surface area contributed by atoms with Crippen LogP contribution in [0.2, 0.25) is 0 Å². The van der Waals surface area contributed by atoms with E-state index in [2.05, 4.69) is 5.32 Å². The van der Waals surface area contributed by atoms with E-state index >= 15 is 0 Å². The molecule has 0 bridgehead atoms. The Bertz CT molecular complexity index is 1100. The number of carbonyl (C=O) groups excluding carboxylic acids is 2. The molecule has 1 N–H and O–H groups in total. The number of aryl methyl sites for hydroxylation is 2. The van der Waals surface area contributed by atoms with Crippen LogP contribution in [0.5, 0.6) is 0 Å². The average Bonchev–Trinajstić information content (AvgIpc) is 2.80. The summed E-state index contributed by atoms with van der Waals surface area (Å²) in [6.07, 6.45) is 2.85. The Morgan fingerprint density at radius 1 is 1.00 bits per heavy atom. The van der Waals surface area contributed by atoms with Gasteiger partial charge in [-0.15, -0.1) is 0 Å². The topological polar surface area (TPSA) is 86.8 Å². The number of anilines is 1. The Kier molecular flexibility index (Phi) is 10.3. The molecule has 0 heterocycles. The number of benzene rings is 2. The molecule has 8 heteroatoms. The minimum absolute atomic E-state index is 0.0228. The van der Waals surface area contributed by atoms with Crippen molar-refractivity contribution < 1.29 is 18.0 Å². The summed E-state index contributed by atoms with van der Waals surface area (Å²) in [5, 5.41) is 2.98. The molecule has 2 aromatic rings. The van der Waals surface area contributed by atoms with Gasteiger partial charge in [0.05, 0.1) is 11.9 Å². The summed E-state index contributed by atoms with van der Waals surface area (Å²) in [5.74, 6) is -0.627. The number of nitrogens with zero attached hydrogens (tertiary/aromatic N) is 2. The first-order valence-electron chi connectivity index (χ1n) is 12.2. The minimum atomic E-state index is -3.74. The lowest BCUT2D eigenvalue weighted by atomic mass is 10.1. The van der Waals surface area contributed by atoms with Crippen LogP contribution >= 0.6 is 0 Å². The van der Waals surface area contributed by atoms with Gasteiger partial charge in [-0.1, -0.05) is 61.9 Å². The molecule has 0 unspecified atom stereocenters. The highest BCUT2D eigenvalue weighted by atomic mass is 32.2. The van der Waals surface area contributed by atoms with Crippen LogP contribution in [0.4, 0.5) is 5.69 Å². The quantitative estimate of drug-likeness (QED) is 0.479. The standard InChI is InChI=1S/C27H39N3O4S/c1-7-22(5)28-27(32)24(8-2)29(17-16-23-12-10-9-11-13-23)26(31)19-30(35(6,33)34)25-15-14-20(3)18-21(25)4/h9-15,18,22,24H,7-8,16-17,19H2,1-6H3,(H,28,32)/t22-,24-/m1/s1. The van der Waals surface area contributed by atoms with Crippen molar-refractivity contribution >= 4 is 27.5 Å². The van der Waals surface area contributed by atoms with E-state index in [9.17, 15) is 18.0 Å². The lowest BCUT2D eigenvalue weighted by Gasteiger charge is -2.33. The van der Waals surface area contributed by atoms with Gasteiger partial charge in [-0.25, -0.2) is 8.42 Å². The van der Waals surface area contributed by atoms with Gasteiger partial charge in [-0.3, -0.25) is 13.9 Å². The highest BCUT2D eigenvalue weighted by Crippen LogP contribution is 2.24. The van der Waals surface area contributed by atoms with Gasteiger partial charge < -0.3 is 10.2 Å². The lowest BCUT2D eigenvalue weighted by Crippen LogP contribution is -2.54. The molecule has 0 saturated heterocycles. The smallest absolute Gasteiger partial charge is 0.244 e. The van der Waals surface area contributed by atoms with Crippen LogP contribution in [0.25, 0.3) is 0 Å². The van der Waals surface area contributed by atoms with E-state index in [-0.39, 0.29) is 18.5 Å². The maximum atomic E-state index is 13.7. The summed E-state index contributed by atoms with van der Waals surface area (Å²) in [4.78, 5) is 28.3. The summed E-state index contributed by atoms with van der Waals surface area (Å²) < 4.78 is 26.6. The summed E-state index contributed by atoms with van der Waals surface area (Å²) in [6.45, 7) is 9.46. The summed E-state index contributed by atoms with van der Waals surface area (Å²) in [5.41, 5.74) is 3.27. The molecule has 0 fully saturated rings. The molecule has 192 valence electrons. The molecule has 7 nitrogen and oxygen atoms in total. The molecular weight excluding hydrogens is 462 g/mol. The fourth-order valence-electron chi connectivity index (χ4n) is 4.02. The summed E-state index contributed by atoms with van der Waals surface area (Å²) >= 11 is 0. The summed E-state index contributed by atoms with van der Waals surface area (Å²) in [7, 11) is -3.74. The number of hydrogen-bond acceptors (Lipinski definition) is 4. The van der Waals surface area contributed by atoms with Gasteiger partial charge in [-0.05, 0) is 57.2 Å². The predicted molar refractivity (Wildman–Crippen MR) is 142 cm³/mol. The third-order valence-corrected chi connectivity index (χ3v) is 7.30. The van der Waals surface area contributed by atoms with Gasteiger partial charge in [0.1, 0.15) is 12.6 Å². The second-order valence-corrected chi connectivity index (χ2v) is 11.0. The number of hydrogen-bond donors (Lipinski definition) is 1. The molecule has 0 aromatic heterocycles. The van der Waals surface area contributed by atoms with Gasteiger partial charge in [0, 0.05) is 12.6 Å². The van der Waals surface area contributed by atoms with Gasteiger partial charge in [0.25, 0.3) is 0 Å². The number of rotatable bonds is 12. The van der Waals surface area contributed by atoms with Crippen molar-refractivity contribution in [3.05, 3.63) is 65.2 Å². The molecule has 2 amide bonds. The van der Waals surface area contributed by atoms with E-state index in [0.29, 0.717) is 25.1 Å². The monoisotopic (exact) mass is 501 g/mol. The number of amides is 2. The zero-order valence-corrected chi connectivity index (χ0v) is 22.6. The Balaban J connectivity index is 2.39. The maximum absolute atomic E-state index is 13.7. The molecule has 0 radical (unpaired) electrons. The van der Waals surface area contributed by atoms with E-state index in [4.69, 9.17) is 0 Å². The predicted octanol–water partition coefficient (Wildman–Crippen LogP) is 3.83. The largest absolute Gasteiger partial charge is 0.352 e. The van der Waals surface area contributed by atoms with E-state index in [1.54, 1.807) is 6.07 Å². The van der Waals surface area contributed by atoms with Crippen LogP contribution in [0, 0.1) is 13.8 Å². The zero-order chi connectivity index (χ0) is 26.2. The van der Waals surface area contributed by atoms with E-state index in [1.807, 2.05) is 77.1 Å². The van der Waals surface area contributed by atoms with Crippen LogP contribution in [0.15, 0.2) is 48.5 Å². The van der Waals surface area contributed by atoms with Crippen molar-refractivity contribution in [2.75, 3.05) is 23.7 Å². The summed E-state index contributed by atoms with van der Waals surface area (Å²) in [6, 6.07) is 14.5. The molecule has 2 rings (SSSR count). The zero-order valence-electron chi connectivity index (χ0n) is 21.7. The molecule has 0 aliphatic heterocycles. The molecule has 2 atom stereocenters. The Labute approximate surface area is 210 Å². The molecule has 2 aromatic carbocycles. The van der Waals surface area contributed by atoms with Crippen LogP contribution in [-0.2, 0) is 26.0 Å². The normalized spacial score (nSPS) is 13.1. The van der Waals surface area contributed by atoms with E-state index < -0.39 is 22.0 Å². The lowest BCUT2D eigenvalue weighted by molar-refractivity contribution is -0.139. The van der Waals surface area contributed by atoms with Gasteiger partial charge in [0.2, 0.25) is 21.8 Å². The van der Waals surface area contributed by atoms with Crippen molar-refractivity contribution in [3.8, 4) is 0 Å². The van der Waals surface area contributed by atoms with Gasteiger partial charge in [0.15, 0.2) is 0 Å². The van der Waals surface area contributed by atoms with Gasteiger partial charge >= 0.3 is 0 Å². The highest BCUT2D eigenvalue weighted by Gasteiger charge is 2.32. The van der Waals surface area contributed by atoms with Crippen molar-refractivity contribution in [1.29, 1.82) is 0 Å². The first-order chi connectivity index (χ1) is 16.5. The first kappa shape index (κ1) is 28.4. The molecule has 0 aliphatic rings. The second-order valence-electron chi connectivity index (χ2n) is 9.12. The third-order valence-electron chi connectivity index (χ3n) is 6.17. The van der Waals surface area contributed by atoms with Crippen molar-refractivity contribution in [2.45, 2.75) is 66.0 Å². The van der Waals surface area contributed by atoms with Crippen molar-refractivity contribution in [3.63, 3.8) is 0 Å². The van der Waals surface area contributed by atoms with Crippen molar-refractivity contribution in [2.24, 2.45) is 0 Å². The average molecular weight is 502 g/mol. The minimum Gasteiger partial charge on any atom is -0.352 e. The molecule has 0 spiro atoms. The van der Waals surface area contributed by atoms with Crippen LogP contribution in [0.3, 0.4) is 0 Å². The molecule has 35 heavy (non-hydrogen) atoms. The molecule has 0 saturated carbocycles. The van der Waals surface area contributed by atoms with E-state index in [1.165, 1.54) is 4.90 Å². The second kappa shape index (κ2) is 12.7. The molecular formula is C27H39N3O4S. The number of nitrogens with one attached hydrogen (secondary N) is 1. The highest BCUT2D eigenvalue weighted by molar-refractivity contribution is 7.92.